The third-order valence-electron chi connectivity index (χ3n) is 4.05. The first-order valence-corrected chi connectivity index (χ1v) is 10.3. The summed E-state index contributed by atoms with van der Waals surface area (Å²) in [5.74, 6) is -0.0950. The van der Waals surface area contributed by atoms with Crippen molar-refractivity contribution < 1.29 is 9.53 Å². The molecule has 0 saturated heterocycles. The van der Waals surface area contributed by atoms with E-state index in [-0.39, 0.29) is 5.97 Å². The zero-order valence-corrected chi connectivity index (χ0v) is 17.1. The Morgan fingerprint density at radius 2 is 1.44 bits per heavy atom. The second kappa shape index (κ2) is 19.2. The molecule has 0 aromatic carbocycles. The largest absolute Gasteiger partial charge is 0.469 e. The molecule has 0 bridgehead atoms. The highest BCUT2D eigenvalue weighted by Crippen LogP contribution is 2.07. The standard InChI is InChI=1S/C20H38N2O2S/c1-3-4-14-17-21-20(25)22-18-15-12-10-8-6-5-7-9-11-13-16-19(23)24-2/h6,8H,3-5,7,9-18H2,1-2H3,(H2,21,22,25)/b8-6-. The van der Waals surface area contributed by atoms with E-state index in [0.29, 0.717) is 6.42 Å². The van der Waals surface area contributed by atoms with Crippen LogP contribution in [0.3, 0.4) is 0 Å². The van der Waals surface area contributed by atoms with E-state index in [2.05, 4.69) is 34.4 Å². The number of thiocarbonyl (C=S) groups is 1. The predicted molar refractivity (Wildman–Crippen MR) is 111 cm³/mol. The highest BCUT2D eigenvalue weighted by atomic mass is 32.1. The molecule has 0 rings (SSSR count). The summed E-state index contributed by atoms with van der Waals surface area (Å²) in [6, 6.07) is 0. The molecule has 5 heteroatoms. The molecule has 0 aromatic heterocycles. The van der Waals surface area contributed by atoms with Crippen LogP contribution in [0.2, 0.25) is 0 Å². The van der Waals surface area contributed by atoms with Crippen LogP contribution in [0.1, 0.15) is 84.0 Å². The summed E-state index contributed by atoms with van der Waals surface area (Å²) in [6.45, 7) is 4.14. The van der Waals surface area contributed by atoms with E-state index < -0.39 is 0 Å². The highest BCUT2D eigenvalue weighted by molar-refractivity contribution is 7.80. The van der Waals surface area contributed by atoms with Gasteiger partial charge in [-0.3, -0.25) is 4.79 Å². The Labute approximate surface area is 160 Å². The van der Waals surface area contributed by atoms with Crippen LogP contribution in [0, 0.1) is 0 Å². The van der Waals surface area contributed by atoms with Gasteiger partial charge in [-0.1, -0.05) is 44.8 Å². The topological polar surface area (TPSA) is 50.4 Å². The van der Waals surface area contributed by atoms with Crippen LogP contribution in [-0.2, 0) is 9.53 Å². The Morgan fingerprint density at radius 1 is 0.880 bits per heavy atom. The van der Waals surface area contributed by atoms with Crippen LogP contribution in [0.15, 0.2) is 12.2 Å². The summed E-state index contributed by atoms with van der Waals surface area (Å²) in [4.78, 5) is 11.0. The summed E-state index contributed by atoms with van der Waals surface area (Å²) in [6.07, 6.45) is 17.9. The number of hydrogen-bond donors (Lipinski definition) is 2. The van der Waals surface area contributed by atoms with E-state index in [1.54, 1.807) is 0 Å². The number of methoxy groups -OCH3 is 1. The minimum Gasteiger partial charge on any atom is -0.469 e. The van der Waals surface area contributed by atoms with Crippen LogP contribution >= 0.6 is 12.2 Å². The normalized spacial score (nSPS) is 10.8. The lowest BCUT2D eigenvalue weighted by Gasteiger charge is -2.09. The van der Waals surface area contributed by atoms with E-state index in [1.807, 2.05) is 0 Å². The Morgan fingerprint density at radius 3 is 2.04 bits per heavy atom. The average molecular weight is 371 g/mol. The quantitative estimate of drug-likeness (QED) is 0.175. The van der Waals surface area contributed by atoms with Gasteiger partial charge in [-0.25, -0.2) is 0 Å². The lowest BCUT2D eigenvalue weighted by atomic mass is 10.1. The molecule has 0 amide bonds. The number of ether oxygens (including phenoxy) is 1. The molecule has 0 saturated carbocycles. The summed E-state index contributed by atoms with van der Waals surface area (Å²) in [5.41, 5.74) is 0. The zero-order valence-electron chi connectivity index (χ0n) is 16.3. The fraction of sp³-hybridized carbons (Fsp3) is 0.800. The van der Waals surface area contributed by atoms with Gasteiger partial charge in [-0.15, -0.1) is 0 Å². The first-order chi connectivity index (χ1) is 12.2. The van der Waals surface area contributed by atoms with Crippen molar-refractivity contribution in [3.05, 3.63) is 12.2 Å². The minimum absolute atomic E-state index is 0.0950. The van der Waals surface area contributed by atoms with Gasteiger partial charge in [0.15, 0.2) is 5.11 Å². The minimum atomic E-state index is -0.0950. The molecular weight excluding hydrogens is 332 g/mol. The van der Waals surface area contributed by atoms with E-state index in [1.165, 1.54) is 45.6 Å². The number of carbonyl (C=O) groups excluding carboxylic acids is 1. The Kier molecular flexibility index (Phi) is 18.4. The molecule has 0 spiro atoms. The van der Waals surface area contributed by atoms with Gasteiger partial charge in [0.25, 0.3) is 0 Å². The van der Waals surface area contributed by atoms with Crippen molar-refractivity contribution in [3.63, 3.8) is 0 Å². The molecule has 0 unspecified atom stereocenters. The molecule has 0 radical (unpaired) electrons. The third-order valence-corrected chi connectivity index (χ3v) is 4.33. The number of hydrogen-bond acceptors (Lipinski definition) is 3. The van der Waals surface area contributed by atoms with Gasteiger partial charge in [-0.2, -0.15) is 0 Å². The van der Waals surface area contributed by atoms with Gasteiger partial charge >= 0.3 is 5.97 Å². The van der Waals surface area contributed by atoms with E-state index in [4.69, 9.17) is 12.2 Å². The van der Waals surface area contributed by atoms with Crippen molar-refractivity contribution in [3.8, 4) is 0 Å². The van der Waals surface area contributed by atoms with Gasteiger partial charge in [0, 0.05) is 19.5 Å². The number of rotatable bonds is 16. The number of esters is 1. The molecule has 0 fully saturated rings. The summed E-state index contributed by atoms with van der Waals surface area (Å²) in [5, 5.41) is 7.30. The van der Waals surface area contributed by atoms with Crippen molar-refractivity contribution >= 4 is 23.3 Å². The van der Waals surface area contributed by atoms with Crippen molar-refractivity contribution in [2.75, 3.05) is 20.2 Å². The van der Waals surface area contributed by atoms with E-state index in [9.17, 15) is 4.79 Å². The van der Waals surface area contributed by atoms with E-state index in [0.717, 1.165) is 50.3 Å². The number of nitrogens with one attached hydrogen (secondary N) is 2. The fourth-order valence-electron chi connectivity index (χ4n) is 2.45. The summed E-state index contributed by atoms with van der Waals surface area (Å²) in [7, 11) is 1.45. The maximum atomic E-state index is 11.0. The molecule has 0 atom stereocenters. The predicted octanol–water partition coefficient (Wildman–Crippen LogP) is 4.88. The van der Waals surface area contributed by atoms with Crippen molar-refractivity contribution in [1.82, 2.24) is 10.6 Å². The Balaban J connectivity index is 3.25. The SMILES string of the molecule is CCCCCNC(=S)NCCCC/C=C\CCCCCCC(=O)OC. The molecule has 4 nitrogen and oxygen atoms in total. The van der Waals surface area contributed by atoms with Crippen LogP contribution < -0.4 is 10.6 Å². The monoisotopic (exact) mass is 370 g/mol. The summed E-state index contributed by atoms with van der Waals surface area (Å²) >= 11 is 5.24. The molecule has 0 heterocycles. The van der Waals surface area contributed by atoms with Crippen molar-refractivity contribution in [1.29, 1.82) is 0 Å². The van der Waals surface area contributed by atoms with Crippen LogP contribution in [0.25, 0.3) is 0 Å². The molecule has 0 aliphatic heterocycles. The summed E-state index contributed by atoms with van der Waals surface area (Å²) < 4.78 is 4.62. The van der Waals surface area contributed by atoms with Crippen molar-refractivity contribution in [2.45, 2.75) is 84.0 Å². The number of unbranched alkanes of at least 4 members (excludes halogenated alkanes) is 8. The molecule has 2 N–H and O–H groups in total. The third kappa shape index (κ3) is 19.1. The molecular formula is C20H38N2O2S. The van der Waals surface area contributed by atoms with Crippen LogP contribution in [-0.4, -0.2) is 31.3 Å². The smallest absolute Gasteiger partial charge is 0.305 e. The van der Waals surface area contributed by atoms with Gasteiger partial charge in [0.2, 0.25) is 0 Å². The second-order valence-electron chi connectivity index (χ2n) is 6.39. The number of carbonyl (C=O) groups is 1. The van der Waals surface area contributed by atoms with Crippen LogP contribution in [0.4, 0.5) is 0 Å². The fourth-order valence-corrected chi connectivity index (χ4v) is 2.66. The molecule has 146 valence electrons. The molecule has 0 aromatic rings. The van der Waals surface area contributed by atoms with E-state index >= 15 is 0 Å². The molecule has 0 aliphatic rings. The lowest BCUT2D eigenvalue weighted by molar-refractivity contribution is -0.140. The van der Waals surface area contributed by atoms with Crippen LogP contribution in [0.5, 0.6) is 0 Å². The van der Waals surface area contributed by atoms with Gasteiger partial charge in [0.1, 0.15) is 0 Å². The van der Waals surface area contributed by atoms with Gasteiger partial charge in [0.05, 0.1) is 7.11 Å². The maximum Gasteiger partial charge on any atom is 0.305 e. The first-order valence-electron chi connectivity index (χ1n) is 9.94. The number of allylic oxidation sites excluding steroid dienone is 2. The average Bonchev–Trinajstić information content (AvgIpc) is 2.62. The van der Waals surface area contributed by atoms with Crippen molar-refractivity contribution in [2.24, 2.45) is 0 Å². The first kappa shape index (κ1) is 23.9. The molecule has 25 heavy (non-hydrogen) atoms. The van der Waals surface area contributed by atoms with Gasteiger partial charge in [-0.05, 0) is 57.2 Å². The van der Waals surface area contributed by atoms with Gasteiger partial charge < -0.3 is 15.4 Å². The zero-order chi connectivity index (χ0) is 18.6. The molecule has 0 aliphatic carbocycles. The maximum absolute atomic E-state index is 11.0. The lowest BCUT2D eigenvalue weighted by Crippen LogP contribution is -2.36. The second-order valence-corrected chi connectivity index (χ2v) is 6.79. The highest BCUT2D eigenvalue weighted by Gasteiger charge is 1.98. The Hall–Kier alpha value is -1.10. The Bertz CT molecular complexity index is 360.